The fourth-order valence-corrected chi connectivity index (χ4v) is 6.78. The lowest BCUT2D eigenvalue weighted by molar-refractivity contribution is -0.115. The molecule has 1 amide bonds. The molecule has 0 bridgehead atoms. The van der Waals surface area contributed by atoms with Gasteiger partial charge in [-0.1, -0.05) is 47.8 Å². The second-order valence-electron chi connectivity index (χ2n) is 6.51. The molecule has 1 atom stereocenters. The summed E-state index contributed by atoms with van der Waals surface area (Å²) in [6, 6.07) is 8.23. The smallest absolute Gasteiger partial charge is 0.341 e. The third kappa shape index (κ3) is 3.73. The number of carbonyl (C=O) groups excluding carboxylic acids is 2. The van der Waals surface area contributed by atoms with E-state index in [0.29, 0.717) is 10.6 Å². The van der Waals surface area contributed by atoms with Gasteiger partial charge in [0.05, 0.1) is 24.5 Å². The molecule has 0 saturated carbocycles. The summed E-state index contributed by atoms with van der Waals surface area (Å²) in [4.78, 5) is 30.7. The first-order valence-corrected chi connectivity index (χ1v) is 11.7. The van der Waals surface area contributed by atoms with Crippen LogP contribution in [-0.4, -0.2) is 40.9 Å². The molecule has 28 heavy (non-hydrogen) atoms. The molecule has 0 saturated heterocycles. The molecule has 1 unspecified atom stereocenters. The number of hydrogen-bond donors (Lipinski definition) is 1. The molecule has 2 aliphatic rings. The number of ether oxygens (including phenoxy) is 1. The summed E-state index contributed by atoms with van der Waals surface area (Å²) in [5.74, 6) is 0.445. The molecule has 1 aromatic heterocycles. The number of hydrogen-bond acceptors (Lipinski definition) is 7. The van der Waals surface area contributed by atoms with Crippen LogP contribution in [0, 0.1) is 0 Å². The molecular weight excluding hydrogens is 412 g/mol. The number of anilines is 1. The largest absolute Gasteiger partial charge is 0.465 e. The van der Waals surface area contributed by atoms with Crippen molar-refractivity contribution >= 4 is 56.1 Å². The molecular formula is C20H20N2O3S3. The number of fused-ring (bicyclic) bond motifs is 3. The number of amides is 1. The van der Waals surface area contributed by atoms with E-state index in [9.17, 15) is 9.59 Å². The standard InChI is InChI=1S/C20H20N2O3S3/c1-11(27-20-21-9-10-26-20)17(23)22-18-15(19(24)25-2)14-8-7-12-5-3-4-6-13(12)16(14)28-18/h3-6,11H,7-10H2,1-2H3,(H,22,23). The summed E-state index contributed by atoms with van der Waals surface area (Å²) in [6.07, 6.45) is 1.64. The van der Waals surface area contributed by atoms with Crippen molar-refractivity contribution in [3.63, 3.8) is 0 Å². The van der Waals surface area contributed by atoms with Crippen molar-refractivity contribution in [2.45, 2.75) is 25.0 Å². The van der Waals surface area contributed by atoms with Gasteiger partial charge in [0.1, 0.15) is 9.38 Å². The van der Waals surface area contributed by atoms with Gasteiger partial charge in [-0.2, -0.15) is 0 Å². The van der Waals surface area contributed by atoms with E-state index >= 15 is 0 Å². The topological polar surface area (TPSA) is 67.8 Å². The van der Waals surface area contributed by atoms with Crippen LogP contribution in [0.15, 0.2) is 29.3 Å². The second-order valence-corrected chi connectivity index (χ2v) is 10.2. The van der Waals surface area contributed by atoms with Gasteiger partial charge in [-0.3, -0.25) is 9.79 Å². The van der Waals surface area contributed by atoms with Crippen molar-refractivity contribution in [1.82, 2.24) is 0 Å². The number of esters is 1. The Labute approximate surface area is 176 Å². The number of thioether (sulfide) groups is 2. The molecule has 8 heteroatoms. The van der Waals surface area contributed by atoms with E-state index in [4.69, 9.17) is 4.74 Å². The van der Waals surface area contributed by atoms with E-state index in [0.717, 1.165) is 45.5 Å². The molecule has 2 heterocycles. The number of methoxy groups -OCH3 is 1. The number of benzene rings is 1. The molecule has 1 aromatic carbocycles. The Morgan fingerprint density at radius 2 is 2.11 bits per heavy atom. The molecule has 0 spiro atoms. The summed E-state index contributed by atoms with van der Waals surface area (Å²) in [7, 11) is 1.38. The van der Waals surface area contributed by atoms with Gasteiger partial charge in [-0.25, -0.2) is 4.79 Å². The van der Waals surface area contributed by atoms with Crippen LogP contribution in [0.25, 0.3) is 10.4 Å². The van der Waals surface area contributed by atoms with Crippen LogP contribution in [0.4, 0.5) is 5.00 Å². The van der Waals surface area contributed by atoms with E-state index in [-0.39, 0.29) is 11.2 Å². The third-order valence-corrected chi connectivity index (χ3v) is 8.23. The van der Waals surface area contributed by atoms with Gasteiger partial charge in [0, 0.05) is 10.6 Å². The average molecular weight is 433 g/mol. The van der Waals surface area contributed by atoms with E-state index in [2.05, 4.69) is 22.4 Å². The normalized spacial score (nSPS) is 16.0. The Hall–Kier alpha value is -1.77. The van der Waals surface area contributed by atoms with Gasteiger partial charge < -0.3 is 10.1 Å². The number of nitrogens with zero attached hydrogens (tertiary/aromatic N) is 1. The van der Waals surface area contributed by atoms with Crippen LogP contribution >= 0.6 is 34.9 Å². The highest BCUT2D eigenvalue weighted by atomic mass is 32.2. The van der Waals surface area contributed by atoms with Crippen molar-refractivity contribution in [1.29, 1.82) is 0 Å². The molecule has 2 aromatic rings. The van der Waals surface area contributed by atoms with Gasteiger partial charge in [0.15, 0.2) is 0 Å². The minimum atomic E-state index is -0.400. The van der Waals surface area contributed by atoms with Crippen molar-refractivity contribution in [2.75, 3.05) is 24.7 Å². The Balaban J connectivity index is 1.64. The van der Waals surface area contributed by atoms with Gasteiger partial charge in [0.2, 0.25) is 5.91 Å². The average Bonchev–Trinajstić information content (AvgIpc) is 3.34. The fraction of sp³-hybridized carbons (Fsp3) is 0.350. The number of aliphatic imine (C=N–C) groups is 1. The summed E-state index contributed by atoms with van der Waals surface area (Å²) < 4.78 is 5.98. The van der Waals surface area contributed by atoms with Crippen LogP contribution in [0.2, 0.25) is 0 Å². The summed E-state index contributed by atoms with van der Waals surface area (Å²) in [5, 5.41) is 3.27. The molecule has 4 rings (SSSR count). The van der Waals surface area contributed by atoms with E-state index in [1.807, 2.05) is 19.1 Å². The van der Waals surface area contributed by atoms with Gasteiger partial charge in [-0.15, -0.1) is 11.3 Å². The zero-order valence-corrected chi connectivity index (χ0v) is 18.1. The number of rotatable bonds is 4. The van der Waals surface area contributed by atoms with Crippen LogP contribution < -0.4 is 5.32 Å². The maximum atomic E-state index is 12.8. The predicted molar refractivity (Wildman–Crippen MR) is 119 cm³/mol. The van der Waals surface area contributed by atoms with E-state index in [1.54, 1.807) is 11.8 Å². The Morgan fingerprint density at radius 1 is 1.29 bits per heavy atom. The number of nitrogens with one attached hydrogen (secondary N) is 1. The van der Waals surface area contributed by atoms with E-state index in [1.165, 1.54) is 35.8 Å². The minimum Gasteiger partial charge on any atom is -0.465 e. The molecule has 1 aliphatic heterocycles. The monoisotopic (exact) mass is 432 g/mol. The van der Waals surface area contributed by atoms with E-state index < -0.39 is 5.97 Å². The van der Waals surface area contributed by atoms with Crippen molar-refractivity contribution in [2.24, 2.45) is 4.99 Å². The molecule has 1 aliphatic carbocycles. The summed E-state index contributed by atoms with van der Waals surface area (Å²) >= 11 is 4.61. The van der Waals surface area contributed by atoms with Crippen LogP contribution in [0.1, 0.15) is 28.4 Å². The first-order chi connectivity index (χ1) is 13.6. The molecule has 146 valence electrons. The zero-order chi connectivity index (χ0) is 19.7. The fourth-order valence-electron chi connectivity index (χ4n) is 3.35. The van der Waals surface area contributed by atoms with Crippen molar-refractivity contribution in [3.05, 3.63) is 41.0 Å². The Kier molecular flexibility index (Phi) is 5.80. The van der Waals surface area contributed by atoms with Gasteiger partial charge in [0.25, 0.3) is 0 Å². The highest BCUT2D eigenvalue weighted by Gasteiger charge is 2.30. The molecule has 5 nitrogen and oxygen atoms in total. The maximum absolute atomic E-state index is 12.8. The highest BCUT2D eigenvalue weighted by molar-refractivity contribution is 8.39. The third-order valence-electron chi connectivity index (χ3n) is 4.74. The Bertz CT molecular complexity index is 968. The first kappa shape index (κ1) is 19.5. The Morgan fingerprint density at radius 3 is 2.86 bits per heavy atom. The van der Waals surface area contributed by atoms with Gasteiger partial charge in [-0.05, 0) is 36.5 Å². The predicted octanol–water partition coefficient (Wildman–Crippen LogP) is 4.46. The lowest BCUT2D eigenvalue weighted by Gasteiger charge is -2.16. The summed E-state index contributed by atoms with van der Waals surface area (Å²) in [6.45, 7) is 2.67. The maximum Gasteiger partial charge on any atom is 0.341 e. The SMILES string of the molecule is COC(=O)c1c(NC(=O)C(C)SC2=NCCS2)sc2c1CCc1ccccc1-2. The molecule has 0 fully saturated rings. The van der Waals surface area contributed by atoms with Crippen LogP contribution in [0.5, 0.6) is 0 Å². The van der Waals surface area contributed by atoms with Gasteiger partial charge >= 0.3 is 5.97 Å². The first-order valence-electron chi connectivity index (χ1n) is 9.05. The number of aryl methyl sites for hydroxylation is 1. The highest BCUT2D eigenvalue weighted by Crippen LogP contribution is 2.45. The van der Waals surface area contributed by atoms with Crippen molar-refractivity contribution in [3.8, 4) is 10.4 Å². The number of carbonyl (C=O) groups is 2. The quantitative estimate of drug-likeness (QED) is 0.723. The summed E-state index contributed by atoms with van der Waals surface area (Å²) in [5.41, 5.74) is 3.88. The zero-order valence-electron chi connectivity index (χ0n) is 15.6. The van der Waals surface area contributed by atoms with Crippen LogP contribution in [-0.2, 0) is 22.4 Å². The number of thiophene rings is 1. The minimum absolute atomic E-state index is 0.128. The van der Waals surface area contributed by atoms with Crippen LogP contribution in [0.3, 0.4) is 0 Å². The molecule has 0 radical (unpaired) electrons. The lowest BCUT2D eigenvalue weighted by atomic mass is 9.89. The molecule has 1 N–H and O–H groups in total. The van der Waals surface area contributed by atoms with Crippen molar-refractivity contribution < 1.29 is 14.3 Å². The second kappa shape index (κ2) is 8.31. The lowest BCUT2D eigenvalue weighted by Crippen LogP contribution is -2.24.